The van der Waals surface area contributed by atoms with E-state index in [1.807, 2.05) is 0 Å². The second-order valence-corrected chi connectivity index (χ2v) is 7.00. The minimum atomic E-state index is -0.460. The summed E-state index contributed by atoms with van der Waals surface area (Å²) in [6, 6.07) is 12.4. The lowest BCUT2D eigenvalue weighted by Crippen LogP contribution is -2.27. The number of nitrogens with one attached hydrogen (secondary N) is 2. The Balaban J connectivity index is 1.51. The average molecular weight is 409 g/mol. The van der Waals surface area contributed by atoms with Crippen molar-refractivity contribution in [2.75, 3.05) is 17.2 Å². The minimum absolute atomic E-state index is 0.165. The summed E-state index contributed by atoms with van der Waals surface area (Å²) in [5.41, 5.74) is 2.64. The van der Waals surface area contributed by atoms with E-state index in [1.165, 1.54) is 12.1 Å². The van der Waals surface area contributed by atoms with E-state index in [0.717, 1.165) is 6.42 Å². The van der Waals surface area contributed by atoms with Crippen molar-refractivity contribution in [3.05, 3.63) is 65.6 Å². The molecule has 0 spiro atoms. The van der Waals surface area contributed by atoms with Crippen LogP contribution in [0.5, 0.6) is 0 Å². The molecule has 2 amide bonds. The van der Waals surface area contributed by atoms with Crippen LogP contribution in [0.4, 0.5) is 16.0 Å². The molecule has 1 aliphatic heterocycles. The van der Waals surface area contributed by atoms with E-state index in [-0.39, 0.29) is 17.6 Å². The van der Waals surface area contributed by atoms with Crippen molar-refractivity contribution >= 4 is 23.4 Å². The van der Waals surface area contributed by atoms with E-state index < -0.39 is 12.0 Å². The number of aromatic nitrogens is 1. The fraction of sp³-hybridized carbons (Fsp3) is 0.227. The van der Waals surface area contributed by atoms with Crippen molar-refractivity contribution in [1.82, 2.24) is 5.16 Å². The number of amides is 2. The second kappa shape index (κ2) is 8.46. The molecular weight excluding hydrogens is 389 g/mol. The first-order chi connectivity index (χ1) is 14.5. The standard InChI is InChI=1S/C22H20FN3O4/c1-13-19(14-7-9-16(23)10-8-14)22(30-26-13)25-20(27)15-4-2-5-17(12-15)24-21(28)18-6-3-11-29-18/h2,4-5,7-10,12,18H,3,6,11H2,1H3,(H,24,28)(H,25,27). The van der Waals surface area contributed by atoms with Crippen LogP contribution in [-0.4, -0.2) is 29.7 Å². The maximum absolute atomic E-state index is 13.2. The molecule has 1 aliphatic rings. The molecular formula is C22H20FN3O4. The van der Waals surface area contributed by atoms with E-state index in [2.05, 4.69) is 15.8 Å². The van der Waals surface area contributed by atoms with Crippen molar-refractivity contribution in [3.63, 3.8) is 0 Å². The quantitative estimate of drug-likeness (QED) is 0.660. The van der Waals surface area contributed by atoms with Crippen LogP contribution < -0.4 is 10.6 Å². The molecule has 0 radical (unpaired) electrons. The number of ether oxygens (including phenoxy) is 1. The van der Waals surface area contributed by atoms with Crippen molar-refractivity contribution in [1.29, 1.82) is 0 Å². The number of nitrogens with zero attached hydrogens (tertiary/aromatic N) is 1. The Bertz CT molecular complexity index is 1070. The van der Waals surface area contributed by atoms with Crippen LogP contribution in [0, 0.1) is 12.7 Å². The van der Waals surface area contributed by atoms with Gasteiger partial charge in [0.25, 0.3) is 11.8 Å². The first kappa shape index (κ1) is 19.8. The molecule has 3 aromatic rings. The molecule has 0 bridgehead atoms. The number of hydrogen-bond donors (Lipinski definition) is 2. The summed E-state index contributed by atoms with van der Waals surface area (Å²) in [5.74, 6) is -0.851. The number of carbonyl (C=O) groups excluding carboxylic acids is 2. The molecule has 2 heterocycles. The minimum Gasteiger partial charge on any atom is -0.368 e. The Kier molecular flexibility index (Phi) is 5.58. The molecule has 1 atom stereocenters. The van der Waals surface area contributed by atoms with Gasteiger partial charge in [0, 0.05) is 17.9 Å². The number of benzene rings is 2. The number of hydrogen-bond acceptors (Lipinski definition) is 5. The largest absolute Gasteiger partial charge is 0.368 e. The SMILES string of the molecule is Cc1noc(NC(=O)c2cccc(NC(=O)C3CCCO3)c2)c1-c1ccc(F)cc1. The van der Waals surface area contributed by atoms with E-state index in [1.54, 1.807) is 43.3 Å². The maximum Gasteiger partial charge on any atom is 0.258 e. The van der Waals surface area contributed by atoms with Crippen LogP contribution in [0.3, 0.4) is 0 Å². The van der Waals surface area contributed by atoms with Gasteiger partial charge in [0.1, 0.15) is 11.9 Å². The van der Waals surface area contributed by atoms with E-state index in [9.17, 15) is 14.0 Å². The first-order valence-electron chi connectivity index (χ1n) is 9.57. The topological polar surface area (TPSA) is 93.5 Å². The summed E-state index contributed by atoms with van der Waals surface area (Å²) in [7, 11) is 0. The summed E-state index contributed by atoms with van der Waals surface area (Å²) in [4.78, 5) is 25.0. The molecule has 1 aromatic heterocycles. The van der Waals surface area contributed by atoms with Gasteiger partial charge in [-0.05, 0) is 55.7 Å². The predicted molar refractivity (Wildman–Crippen MR) is 109 cm³/mol. The normalized spacial score (nSPS) is 15.7. The van der Waals surface area contributed by atoms with E-state index >= 15 is 0 Å². The van der Waals surface area contributed by atoms with Gasteiger partial charge in [-0.1, -0.05) is 23.4 Å². The molecule has 0 saturated carbocycles. The fourth-order valence-corrected chi connectivity index (χ4v) is 3.33. The Morgan fingerprint density at radius 1 is 1.13 bits per heavy atom. The van der Waals surface area contributed by atoms with Crippen LogP contribution in [0.25, 0.3) is 11.1 Å². The molecule has 2 aromatic carbocycles. The Hall–Kier alpha value is -3.52. The van der Waals surface area contributed by atoms with Crippen molar-refractivity contribution < 1.29 is 23.2 Å². The molecule has 0 aliphatic carbocycles. The molecule has 7 nitrogen and oxygen atoms in total. The lowest BCUT2D eigenvalue weighted by Gasteiger charge is -2.11. The van der Waals surface area contributed by atoms with Crippen molar-refractivity contribution in [2.24, 2.45) is 0 Å². The van der Waals surface area contributed by atoms with Gasteiger partial charge in [0.15, 0.2) is 0 Å². The van der Waals surface area contributed by atoms with Crippen LogP contribution in [0.2, 0.25) is 0 Å². The molecule has 1 fully saturated rings. The average Bonchev–Trinajstić information content (AvgIpc) is 3.40. The molecule has 154 valence electrons. The lowest BCUT2D eigenvalue weighted by atomic mass is 10.1. The highest BCUT2D eigenvalue weighted by Crippen LogP contribution is 2.32. The van der Waals surface area contributed by atoms with Gasteiger partial charge in [-0.3, -0.25) is 14.9 Å². The summed E-state index contributed by atoms with van der Waals surface area (Å²) < 4.78 is 23.9. The zero-order valence-electron chi connectivity index (χ0n) is 16.3. The molecule has 8 heteroatoms. The molecule has 1 saturated heterocycles. The van der Waals surface area contributed by atoms with E-state index in [0.29, 0.717) is 41.1 Å². The highest BCUT2D eigenvalue weighted by Gasteiger charge is 2.24. The molecule has 4 rings (SSSR count). The predicted octanol–water partition coefficient (Wildman–Crippen LogP) is 4.16. The number of carbonyl (C=O) groups is 2. The molecule has 1 unspecified atom stereocenters. The Morgan fingerprint density at radius 3 is 2.67 bits per heavy atom. The van der Waals surface area contributed by atoms with E-state index in [4.69, 9.17) is 9.26 Å². The highest BCUT2D eigenvalue weighted by atomic mass is 19.1. The van der Waals surface area contributed by atoms with Crippen LogP contribution >= 0.6 is 0 Å². The summed E-state index contributed by atoms with van der Waals surface area (Å²) in [5, 5.41) is 9.38. The summed E-state index contributed by atoms with van der Waals surface area (Å²) in [6.07, 6.45) is 1.08. The monoisotopic (exact) mass is 409 g/mol. The van der Waals surface area contributed by atoms with Gasteiger partial charge < -0.3 is 14.6 Å². The summed E-state index contributed by atoms with van der Waals surface area (Å²) >= 11 is 0. The molecule has 30 heavy (non-hydrogen) atoms. The zero-order valence-corrected chi connectivity index (χ0v) is 16.3. The number of rotatable bonds is 5. The van der Waals surface area contributed by atoms with Crippen LogP contribution in [-0.2, 0) is 9.53 Å². The highest BCUT2D eigenvalue weighted by molar-refractivity contribution is 6.06. The van der Waals surface area contributed by atoms with Gasteiger partial charge in [-0.2, -0.15) is 0 Å². The van der Waals surface area contributed by atoms with Gasteiger partial charge >= 0.3 is 0 Å². The van der Waals surface area contributed by atoms with Gasteiger partial charge in [-0.25, -0.2) is 4.39 Å². The maximum atomic E-state index is 13.2. The lowest BCUT2D eigenvalue weighted by molar-refractivity contribution is -0.124. The third-order valence-corrected chi connectivity index (χ3v) is 4.84. The fourth-order valence-electron chi connectivity index (χ4n) is 3.33. The zero-order chi connectivity index (χ0) is 21.1. The Morgan fingerprint density at radius 2 is 1.93 bits per heavy atom. The number of aryl methyl sites for hydroxylation is 1. The molecule has 2 N–H and O–H groups in total. The third kappa shape index (κ3) is 4.23. The van der Waals surface area contributed by atoms with Gasteiger partial charge in [0.2, 0.25) is 5.88 Å². The van der Waals surface area contributed by atoms with Gasteiger partial charge in [0.05, 0.1) is 11.3 Å². The number of anilines is 2. The van der Waals surface area contributed by atoms with Crippen LogP contribution in [0.15, 0.2) is 53.1 Å². The first-order valence-corrected chi connectivity index (χ1v) is 9.57. The van der Waals surface area contributed by atoms with Crippen LogP contribution in [0.1, 0.15) is 28.9 Å². The van der Waals surface area contributed by atoms with Crippen molar-refractivity contribution in [2.45, 2.75) is 25.9 Å². The smallest absolute Gasteiger partial charge is 0.258 e. The van der Waals surface area contributed by atoms with Crippen molar-refractivity contribution in [3.8, 4) is 11.1 Å². The van der Waals surface area contributed by atoms with Gasteiger partial charge in [-0.15, -0.1) is 0 Å². The number of halogens is 1. The Labute approximate surface area is 172 Å². The summed E-state index contributed by atoms with van der Waals surface area (Å²) in [6.45, 7) is 2.31. The second-order valence-electron chi connectivity index (χ2n) is 7.00. The third-order valence-electron chi connectivity index (χ3n) is 4.84.